The van der Waals surface area contributed by atoms with E-state index in [0.717, 1.165) is 10.8 Å². The van der Waals surface area contributed by atoms with E-state index in [4.69, 9.17) is 0 Å². The average Bonchev–Trinajstić information content (AvgIpc) is 2.38. The van der Waals surface area contributed by atoms with Gasteiger partial charge in [0.05, 0.1) is 11.9 Å². The molecule has 0 saturated heterocycles. The molecule has 0 fully saturated rings. The van der Waals surface area contributed by atoms with E-state index in [-0.39, 0.29) is 34.2 Å². The third-order valence-corrected chi connectivity index (χ3v) is 2.36. The van der Waals surface area contributed by atoms with Gasteiger partial charge < -0.3 is 19.8 Å². The van der Waals surface area contributed by atoms with Crippen molar-refractivity contribution in [3.8, 4) is 0 Å². The van der Waals surface area contributed by atoms with Crippen molar-refractivity contribution in [2.75, 3.05) is 0 Å². The van der Waals surface area contributed by atoms with E-state index in [1.54, 1.807) is 18.2 Å². The van der Waals surface area contributed by atoms with Crippen molar-refractivity contribution < 1.29 is 19.8 Å². The van der Waals surface area contributed by atoms with E-state index in [2.05, 4.69) is 6.58 Å². The summed E-state index contributed by atoms with van der Waals surface area (Å²) in [6, 6.07) is 12.5. The number of carboxylic acid groups (broad SMARTS) is 2. The molecule has 2 rings (SSSR count). The Labute approximate surface area is 132 Å². The molecule has 0 radical (unpaired) electrons. The van der Waals surface area contributed by atoms with Gasteiger partial charge in [-0.3, -0.25) is 0 Å². The first-order chi connectivity index (χ1) is 8.93. The molecule has 0 unspecified atom stereocenters. The Morgan fingerprint density at radius 1 is 1.00 bits per heavy atom. The smallest absolute Gasteiger partial charge is 0.545 e. The minimum absolute atomic E-state index is 0. The molecule has 0 spiro atoms. The molecule has 5 heteroatoms. The molecule has 4 nitrogen and oxygen atoms in total. The van der Waals surface area contributed by atoms with Crippen LogP contribution in [0, 0.1) is 0 Å². The molecule has 0 aliphatic heterocycles. The summed E-state index contributed by atoms with van der Waals surface area (Å²) in [7, 11) is 0. The molecule has 98 valence electrons. The maximum Gasteiger partial charge on any atom is 2.00 e. The average molecular weight is 281 g/mol. The van der Waals surface area contributed by atoms with Crippen LogP contribution >= 0.6 is 0 Å². The minimum atomic E-state index is -1.19. The molecule has 0 aromatic heterocycles. The fraction of sp³-hybridized carbons (Fsp3) is 0.0667. The number of aromatic carboxylic acids is 1. The number of carboxylic acids is 2. The predicted molar refractivity (Wildman–Crippen MR) is 73.9 cm³/mol. The zero-order valence-electron chi connectivity index (χ0n) is 11.1. The number of aliphatic carboxylic acids is 1. The Balaban J connectivity index is 0.000000448. The van der Waals surface area contributed by atoms with Crippen LogP contribution in [0.15, 0.2) is 54.6 Å². The first-order valence-electron chi connectivity index (χ1n) is 5.49. The van der Waals surface area contributed by atoms with Crippen molar-refractivity contribution in [2.24, 2.45) is 0 Å². The van der Waals surface area contributed by atoms with Gasteiger partial charge in [0, 0.05) is 5.56 Å². The Kier molecular flexibility index (Phi) is 7.57. The number of benzene rings is 2. The van der Waals surface area contributed by atoms with Crippen LogP contribution in [0.25, 0.3) is 10.8 Å². The summed E-state index contributed by atoms with van der Waals surface area (Å²) in [5.41, 5.74) is 0.313. The molecule has 0 saturated carbocycles. The number of hydrogen-bond acceptors (Lipinski definition) is 4. The third-order valence-electron chi connectivity index (χ3n) is 2.36. The Morgan fingerprint density at radius 2 is 1.50 bits per heavy atom. The van der Waals surface area contributed by atoms with Crippen LogP contribution < -0.4 is 10.2 Å². The first-order valence-corrected chi connectivity index (χ1v) is 5.49. The molecule has 0 aliphatic rings. The summed E-state index contributed by atoms with van der Waals surface area (Å²) < 4.78 is 0. The van der Waals surface area contributed by atoms with Crippen molar-refractivity contribution in [2.45, 2.75) is 6.92 Å². The van der Waals surface area contributed by atoms with Gasteiger partial charge in [-0.1, -0.05) is 49.0 Å². The quantitative estimate of drug-likeness (QED) is 0.579. The maximum absolute atomic E-state index is 10.7. The van der Waals surface area contributed by atoms with Gasteiger partial charge in [-0.15, -0.1) is 0 Å². The molecular weight excluding hydrogens is 268 g/mol. The van der Waals surface area contributed by atoms with Gasteiger partial charge in [0.25, 0.3) is 0 Å². The summed E-state index contributed by atoms with van der Waals surface area (Å²) in [6.07, 6.45) is 0. The topological polar surface area (TPSA) is 80.3 Å². The van der Waals surface area contributed by atoms with Crippen LogP contribution in [0.1, 0.15) is 17.3 Å². The van der Waals surface area contributed by atoms with Crippen molar-refractivity contribution >= 4 is 45.8 Å². The fourth-order valence-electron chi connectivity index (χ4n) is 1.40. The van der Waals surface area contributed by atoms with Gasteiger partial charge in [0.15, 0.2) is 0 Å². The monoisotopic (exact) mass is 280 g/mol. The van der Waals surface area contributed by atoms with Crippen LogP contribution in [0.2, 0.25) is 0 Å². The van der Waals surface area contributed by atoms with Crippen molar-refractivity contribution in [3.05, 3.63) is 60.2 Å². The summed E-state index contributed by atoms with van der Waals surface area (Å²) >= 11 is 0. The summed E-state index contributed by atoms with van der Waals surface area (Å²) in [5.74, 6) is -2.31. The molecule has 2 aromatic rings. The summed E-state index contributed by atoms with van der Waals surface area (Å²) in [4.78, 5) is 20.2. The van der Waals surface area contributed by atoms with Gasteiger partial charge in [-0.25, -0.2) is 0 Å². The van der Waals surface area contributed by atoms with Crippen LogP contribution in [-0.2, 0) is 4.79 Å². The van der Waals surface area contributed by atoms with E-state index < -0.39 is 11.9 Å². The SMILES string of the molecule is C=C(C)C(=O)[O-].O=C([O-])c1cccc2ccccc12.[Mg+2]. The van der Waals surface area contributed by atoms with Gasteiger partial charge in [-0.2, -0.15) is 0 Å². The zero-order valence-corrected chi connectivity index (χ0v) is 12.5. The Bertz CT molecular complexity index is 617. The molecular formula is C15H12MgO4. The third kappa shape index (κ3) is 5.03. The van der Waals surface area contributed by atoms with Crippen LogP contribution in [0.4, 0.5) is 0 Å². The molecule has 0 amide bonds. The second-order valence-corrected chi connectivity index (χ2v) is 3.88. The molecule has 0 N–H and O–H groups in total. The van der Waals surface area contributed by atoms with Crippen molar-refractivity contribution in [3.63, 3.8) is 0 Å². The van der Waals surface area contributed by atoms with E-state index >= 15 is 0 Å². The summed E-state index contributed by atoms with van der Waals surface area (Å²) in [6.45, 7) is 4.48. The van der Waals surface area contributed by atoms with E-state index in [9.17, 15) is 19.8 Å². The second-order valence-electron chi connectivity index (χ2n) is 3.88. The number of fused-ring (bicyclic) bond motifs is 1. The van der Waals surface area contributed by atoms with Gasteiger partial charge in [-0.05, 0) is 23.3 Å². The van der Waals surface area contributed by atoms with Gasteiger partial charge >= 0.3 is 23.1 Å². The number of carbonyl (C=O) groups excluding carboxylic acids is 2. The molecule has 0 aliphatic carbocycles. The Morgan fingerprint density at radius 3 is 2.00 bits per heavy atom. The molecule has 2 aromatic carbocycles. The molecule has 20 heavy (non-hydrogen) atoms. The standard InChI is InChI=1S/C11H8O2.C4H6O2.Mg/c12-11(13)10-7-3-5-8-4-1-2-6-9(8)10;1-3(2)4(5)6;/h1-7H,(H,12,13);1H2,2H3,(H,5,6);/q;;+2/p-2. The fourth-order valence-corrected chi connectivity index (χ4v) is 1.40. The Hall–Kier alpha value is -1.85. The van der Waals surface area contributed by atoms with E-state index in [1.807, 2.05) is 24.3 Å². The van der Waals surface area contributed by atoms with Crippen LogP contribution in [0.5, 0.6) is 0 Å². The molecule has 0 atom stereocenters. The predicted octanol–water partition coefficient (Wildman–Crippen LogP) is 0.135. The summed E-state index contributed by atoms with van der Waals surface area (Å²) in [5, 5.41) is 21.8. The first kappa shape index (κ1) is 18.1. The van der Waals surface area contributed by atoms with Crippen LogP contribution in [-0.4, -0.2) is 35.0 Å². The number of hydrogen-bond donors (Lipinski definition) is 0. The second kappa shape index (κ2) is 8.34. The van der Waals surface area contributed by atoms with E-state index in [0.29, 0.717) is 0 Å². The van der Waals surface area contributed by atoms with Gasteiger partial charge in [0.1, 0.15) is 0 Å². The van der Waals surface area contributed by atoms with Crippen LogP contribution in [0.3, 0.4) is 0 Å². The molecule has 0 heterocycles. The van der Waals surface area contributed by atoms with E-state index in [1.165, 1.54) is 6.92 Å². The number of rotatable bonds is 2. The zero-order chi connectivity index (χ0) is 14.4. The van der Waals surface area contributed by atoms with Crippen molar-refractivity contribution in [1.82, 2.24) is 0 Å². The van der Waals surface area contributed by atoms with Gasteiger partial charge in [0.2, 0.25) is 0 Å². The normalized spacial score (nSPS) is 8.85. The largest absolute Gasteiger partial charge is 2.00 e. The van der Waals surface area contributed by atoms with Crippen molar-refractivity contribution in [1.29, 1.82) is 0 Å². The minimum Gasteiger partial charge on any atom is -0.545 e. The molecule has 0 bridgehead atoms. The number of carbonyl (C=O) groups is 2. The maximum atomic E-state index is 10.7.